The molecular formula is C12H27NO2Si. The summed E-state index contributed by atoms with van der Waals surface area (Å²) in [4.78, 5) is 0. The first-order chi connectivity index (χ1) is 7.53. The molecule has 1 unspecified atom stereocenters. The lowest BCUT2D eigenvalue weighted by Crippen LogP contribution is -2.47. The summed E-state index contributed by atoms with van der Waals surface area (Å²) in [6.45, 7) is 9.08. The van der Waals surface area contributed by atoms with Gasteiger partial charge in [-0.15, -0.1) is 0 Å². The predicted molar refractivity (Wildman–Crippen MR) is 69.7 cm³/mol. The van der Waals surface area contributed by atoms with Gasteiger partial charge in [0, 0.05) is 12.6 Å². The summed E-state index contributed by atoms with van der Waals surface area (Å²) in [5.74, 6) is 0. The summed E-state index contributed by atoms with van der Waals surface area (Å²) >= 11 is 0. The number of nitrogens with one attached hydrogen (secondary N) is 1. The molecular weight excluding hydrogens is 218 g/mol. The third-order valence-corrected chi connectivity index (χ3v) is 4.93. The van der Waals surface area contributed by atoms with E-state index in [0.717, 1.165) is 6.61 Å². The molecule has 1 atom stereocenters. The van der Waals surface area contributed by atoms with Crippen LogP contribution in [0, 0.1) is 0 Å². The van der Waals surface area contributed by atoms with Crippen LogP contribution < -0.4 is 5.32 Å². The van der Waals surface area contributed by atoms with E-state index in [9.17, 15) is 0 Å². The Morgan fingerprint density at radius 1 is 1.25 bits per heavy atom. The third kappa shape index (κ3) is 5.43. The molecule has 1 rings (SSSR count). The molecule has 1 fully saturated rings. The topological polar surface area (TPSA) is 30.5 Å². The van der Waals surface area contributed by atoms with Crippen LogP contribution in [0.4, 0.5) is 0 Å². The van der Waals surface area contributed by atoms with Crippen molar-refractivity contribution in [3.05, 3.63) is 0 Å². The van der Waals surface area contributed by atoms with Crippen LogP contribution in [-0.2, 0) is 8.85 Å². The van der Waals surface area contributed by atoms with E-state index in [4.69, 9.17) is 8.85 Å². The first-order valence-electron chi connectivity index (χ1n) is 6.61. The molecule has 0 amide bonds. The van der Waals surface area contributed by atoms with Crippen molar-refractivity contribution in [2.45, 2.75) is 71.3 Å². The summed E-state index contributed by atoms with van der Waals surface area (Å²) in [5.41, 5.74) is 0. The number of hydrogen-bond donors (Lipinski definition) is 1. The highest BCUT2D eigenvalue weighted by molar-refractivity contribution is 6.64. The van der Waals surface area contributed by atoms with Gasteiger partial charge in [0.05, 0.1) is 6.23 Å². The molecule has 3 nitrogen and oxygen atoms in total. The van der Waals surface area contributed by atoms with Gasteiger partial charge in [0.25, 0.3) is 0 Å². The van der Waals surface area contributed by atoms with Crippen molar-refractivity contribution in [2.75, 3.05) is 6.61 Å². The average molecular weight is 245 g/mol. The van der Waals surface area contributed by atoms with E-state index in [1.165, 1.54) is 32.1 Å². The van der Waals surface area contributed by atoms with Crippen molar-refractivity contribution in [1.82, 2.24) is 5.32 Å². The van der Waals surface area contributed by atoms with Gasteiger partial charge in [-0.1, -0.05) is 19.3 Å². The fourth-order valence-electron chi connectivity index (χ4n) is 2.44. The van der Waals surface area contributed by atoms with Gasteiger partial charge < -0.3 is 8.85 Å². The molecule has 1 aliphatic carbocycles. The number of rotatable bonds is 6. The molecule has 0 aromatic carbocycles. The van der Waals surface area contributed by atoms with Crippen molar-refractivity contribution in [3.63, 3.8) is 0 Å². The van der Waals surface area contributed by atoms with Crippen molar-refractivity contribution < 1.29 is 8.85 Å². The van der Waals surface area contributed by atoms with E-state index in [-0.39, 0.29) is 6.23 Å². The SMILES string of the molecule is CCO[Si](C)(C)OC(C)NC1CCCCC1. The minimum Gasteiger partial charge on any atom is -0.395 e. The van der Waals surface area contributed by atoms with Gasteiger partial charge in [-0.25, -0.2) is 0 Å². The van der Waals surface area contributed by atoms with Crippen molar-refractivity contribution in [2.24, 2.45) is 0 Å². The van der Waals surface area contributed by atoms with Crippen molar-refractivity contribution in [3.8, 4) is 0 Å². The van der Waals surface area contributed by atoms with Gasteiger partial charge in [-0.05, 0) is 39.8 Å². The highest BCUT2D eigenvalue weighted by Crippen LogP contribution is 2.18. The van der Waals surface area contributed by atoms with E-state index in [2.05, 4.69) is 25.3 Å². The highest BCUT2D eigenvalue weighted by atomic mass is 28.4. The average Bonchev–Trinajstić information content (AvgIpc) is 2.17. The molecule has 1 N–H and O–H groups in total. The Bertz CT molecular complexity index is 193. The summed E-state index contributed by atoms with van der Waals surface area (Å²) in [6, 6.07) is 0.648. The van der Waals surface area contributed by atoms with Gasteiger partial charge in [0.1, 0.15) is 0 Å². The molecule has 16 heavy (non-hydrogen) atoms. The largest absolute Gasteiger partial charge is 0.395 e. The first kappa shape index (κ1) is 14.2. The van der Waals surface area contributed by atoms with E-state index in [1.807, 2.05) is 6.92 Å². The number of hydrogen-bond acceptors (Lipinski definition) is 3. The van der Waals surface area contributed by atoms with Gasteiger partial charge in [-0.2, -0.15) is 0 Å². The molecule has 96 valence electrons. The fraction of sp³-hybridized carbons (Fsp3) is 1.00. The maximum atomic E-state index is 5.99. The van der Waals surface area contributed by atoms with E-state index in [0.29, 0.717) is 6.04 Å². The molecule has 0 bridgehead atoms. The third-order valence-electron chi connectivity index (χ3n) is 3.03. The maximum Gasteiger partial charge on any atom is 0.332 e. The summed E-state index contributed by atoms with van der Waals surface area (Å²) < 4.78 is 11.7. The van der Waals surface area contributed by atoms with Crippen LogP contribution in [0.5, 0.6) is 0 Å². The molecule has 0 spiro atoms. The zero-order valence-corrected chi connectivity index (χ0v) is 12.2. The first-order valence-corrected chi connectivity index (χ1v) is 9.43. The summed E-state index contributed by atoms with van der Waals surface area (Å²) in [6.07, 6.45) is 6.82. The van der Waals surface area contributed by atoms with Crippen LogP contribution in [-0.4, -0.2) is 27.4 Å². The van der Waals surface area contributed by atoms with E-state index in [1.54, 1.807) is 0 Å². The summed E-state index contributed by atoms with van der Waals surface area (Å²) in [5, 5.41) is 3.57. The molecule has 4 heteroatoms. The second kappa shape index (κ2) is 6.74. The van der Waals surface area contributed by atoms with Crippen LogP contribution in [0.3, 0.4) is 0 Å². The monoisotopic (exact) mass is 245 g/mol. The normalized spacial score (nSPS) is 21.0. The highest BCUT2D eigenvalue weighted by Gasteiger charge is 2.27. The quantitative estimate of drug-likeness (QED) is 0.576. The Hall–Kier alpha value is 0.0969. The molecule has 0 radical (unpaired) electrons. The van der Waals surface area contributed by atoms with Crippen molar-refractivity contribution >= 4 is 8.56 Å². The van der Waals surface area contributed by atoms with Crippen LogP contribution in [0.1, 0.15) is 46.0 Å². The molecule has 0 saturated heterocycles. The van der Waals surface area contributed by atoms with Gasteiger partial charge in [-0.3, -0.25) is 5.32 Å². The molecule has 1 aliphatic rings. The summed E-state index contributed by atoms with van der Waals surface area (Å²) in [7, 11) is -1.91. The van der Waals surface area contributed by atoms with Crippen LogP contribution in [0.15, 0.2) is 0 Å². The minimum absolute atomic E-state index is 0.122. The van der Waals surface area contributed by atoms with Crippen molar-refractivity contribution in [1.29, 1.82) is 0 Å². The lowest BCUT2D eigenvalue weighted by molar-refractivity contribution is 0.0973. The lowest BCUT2D eigenvalue weighted by Gasteiger charge is -2.31. The van der Waals surface area contributed by atoms with Gasteiger partial charge in [0.15, 0.2) is 0 Å². The Morgan fingerprint density at radius 2 is 1.88 bits per heavy atom. The molecule has 1 saturated carbocycles. The van der Waals surface area contributed by atoms with Crippen LogP contribution >= 0.6 is 0 Å². The Labute approximate surface area is 101 Å². The second-order valence-corrected chi connectivity index (χ2v) is 8.42. The van der Waals surface area contributed by atoms with Crippen LogP contribution in [0.2, 0.25) is 13.1 Å². The Kier molecular flexibility index (Phi) is 5.96. The maximum absolute atomic E-state index is 5.99. The van der Waals surface area contributed by atoms with Gasteiger partial charge >= 0.3 is 8.56 Å². The molecule has 0 aromatic heterocycles. The lowest BCUT2D eigenvalue weighted by atomic mass is 9.95. The van der Waals surface area contributed by atoms with Crippen LogP contribution in [0.25, 0.3) is 0 Å². The molecule has 0 aliphatic heterocycles. The molecule has 0 aromatic rings. The van der Waals surface area contributed by atoms with E-state index >= 15 is 0 Å². The Morgan fingerprint density at radius 3 is 2.44 bits per heavy atom. The zero-order chi connectivity index (χ0) is 12.0. The Balaban J connectivity index is 2.25. The fourth-order valence-corrected chi connectivity index (χ4v) is 4.13. The zero-order valence-electron chi connectivity index (χ0n) is 11.2. The van der Waals surface area contributed by atoms with Gasteiger partial charge in [0.2, 0.25) is 0 Å². The minimum atomic E-state index is -1.91. The predicted octanol–water partition coefficient (Wildman–Crippen LogP) is 3.01. The van der Waals surface area contributed by atoms with E-state index < -0.39 is 8.56 Å². The second-order valence-electron chi connectivity index (χ2n) is 5.09. The smallest absolute Gasteiger partial charge is 0.332 e. The standard InChI is InChI=1S/C12H27NO2Si/c1-5-14-16(3,4)15-11(2)13-12-9-7-6-8-10-12/h11-13H,5-10H2,1-4H3. The molecule has 0 heterocycles.